The summed E-state index contributed by atoms with van der Waals surface area (Å²) in [7, 11) is -0.886. The number of hydrogen-bond donors (Lipinski definition) is 1. The molecule has 5 heteroatoms. The Kier molecular flexibility index (Phi) is 3.39. The molecule has 2 aliphatic rings. The lowest BCUT2D eigenvalue weighted by Gasteiger charge is -2.44. The van der Waals surface area contributed by atoms with Gasteiger partial charge in [0, 0.05) is 26.9 Å². The van der Waals surface area contributed by atoms with Gasteiger partial charge in [-0.1, -0.05) is 12.5 Å². The molecule has 2 bridgehead atoms. The van der Waals surface area contributed by atoms with Crippen molar-refractivity contribution in [2.45, 2.75) is 48.2 Å². The zero-order chi connectivity index (χ0) is 14.3. The first kappa shape index (κ1) is 13.7. The van der Waals surface area contributed by atoms with E-state index in [1.807, 2.05) is 6.07 Å². The maximum atomic E-state index is 13.2. The topological polar surface area (TPSA) is 61.1 Å². The molecule has 2 atom stereocenters. The molecule has 1 aromatic carbocycles. The van der Waals surface area contributed by atoms with Crippen molar-refractivity contribution in [3.63, 3.8) is 0 Å². The SMILES string of the molecule is N#Cc1cc(F)ccc1C1(O)CC2CCCC(C1)S2=O. The van der Waals surface area contributed by atoms with Gasteiger partial charge in [-0.3, -0.25) is 4.21 Å². The first-order valence-corrected chi connectivity index (χ1v) is 8.13. The molecule has 2 unspecified atom stereocenters. The van der Waals surface area contributed by atoms with Crippen molar-refractivity contribution in [2.75, 3.05) is 0 Å². The van der Waals surface area contributed by atoms with E-state index in [1.54, 1.807) is 0 Å². The smallest absolute Gasteiger partial charge is 0.124 e. The second-order valence-corrected chi connectivity index (χ2v) is 7.74. The molecule has 0 amide bonds. The van der Waals surface area contributed by atoms with Crippen molar-refractivity contribution in [2.24, 2.45) is 0 Å². The highest BCUT2D eigenvalue weighted by atomic mass is 32.2. The maximum Gasteiger partial charge on any atom is 0.124 e. The van der Waals surface area contributed by atoms with Crippen molar-refractivity contribution >= 4 is 10.8 Å². The van der Waals surface area contributed by atoms with Gasteiger partial charge in [0.15, 0.2) is 0 Å². The summed E-state index contributed by atoms with van der Waals surface area (Å²) in [4.78, 5) is 0. The normalized spacial score (nSPS) is 36.4. The highest BCUT2D eigenvalue weighted by molar-refractivity contribution is 7.86. The Balaban J connectivity index is 2.01. The Bertz CT molecular complexity index is 594. The molecule has 0 aromatic heterocycles. The molecule has 0 radical (unpaired) electrons. The van der Waals surface area contributed by atoms with Gasteiger partial charge in [0.25, 0.3) is 0 Å². The summed E-state index contributed by atoms with van der Waals surface area (Å²) >= 11 is 0. The van der Waals surface area contributed by atoms with Crippen LogP contribution in [0.5, 0.6) is 0 Å². The summed E-state index contributed by atoms with van der Waals surface area (Å²) in [5, 5.41) is 20.1. The van der Waals surface area contributed by atoms with Crippen LogP contribution in [0.15, 0.2) is 18.2 Å². The van der Waals surface area contributed by atoms with Gasteiger partial charge in [-0.05, 0) is 37.8 Å². The Hall–Kier alpha value is -1.25. The lowest BCUT2D eigenvalue weighted by Crippen LogP contribution is -2.47. The zero-order valence-corrected chi connectivity index (χ0v) is 11.8. The molecular formula is C15H16FNO2S. The molecule has 2 fully saturated rings. The van der Waals surface area contributed by atoms with Crippen molar-refractivity contribution in [1.29, 1.82) is 5.26 Å². The molecule has 0 aliphatic carbocycles. The second kappa shape index (κ2) is 4.94. The zero-order valence-electron chi connectivity index (χ0n) is 11.0. The van der Waals surface area contributed by atoms with Gasteiger partial charge in [0.2, 0.25) is 0 Å². The average molecular weight is 293 g/mol. The lowest BCUT2D eigenvalue weighted by molar-refractivity contribution is 0.00625. The number of halogens is 1. The maximum absolute atomic E-state index is 13.2. The summed E-state index contributed by atoms with van der Waals surface area (Å²) in [5.41, 5.74) is -0.490. The number of aliphatic hydroxyl groups is 1. The van der Waals surface area contributed by atoms with Gasteiger partial charge in [-0.2, -0.15) is 5.26 Å². The molecule has 20 heavy (non-hydrogen) atoms. The number of benzene rings is 1. The minimum Gasteiger partial charge on any atom is -0.385 e. The van der Waals surface area contributed by atoms with Gasteiger partial charge < -0.3 is 5.11 Å². The van der Waals surface area contributed by atoms with E-state index in [2.05, 4.69) is 0 Å². The van der Waals surface area contributed by atoms with E-state index >= 15 is 0 Å². The number of rotatable bonds is 1. The Morgan fingerprint density at radius 1 is 1.35 bits per heavy atom. The molecule has 0 spiro atoms. The fraction of sp³-hybridized carbons (Fsp3) is 0.533. The molecule has 2 saturated heterocycles. The summed E-state index contributed by atoms with van der Waals surface area (Å²) in [5.74, 6) is -0.478. The summed E-state index contributed by atoms with van der Waals surface area (Å²) in [6.45, 7) is 0. The van der Waals surface area contributed by atoms with E-state index in [4.69, 9.17) is 5.26 Å². The van der Waals surface area contributed by atoms with Crippen LogP contribution < -0.4 is 0 Å². The molecule has 1 aromatic rings. The van der Waals surface area contributed by atoms with E-state index in [0.717, 1.165) is 25.3 Å². The molecule has 3 nitrogen and oxygen atoms in total. The lowest BCUT2D eigenvalue weighted by atomic mass is 9.79. The highest BCUT2D eigenvalue weighted by Crippen LogP contribution is 2.45. The summed E-state index contributed by atoms with van der Waals surface area (Å²) < 4.78 is 25.4. The minimum absolute atomic E-state index is 0.0101. The number of nitrogens with zero attached hydrogens (tertiary/aromatic N) is 1. The third-order valence-electron chi connectivity index (χ3n) is 4.44. The van der Waals surface area contributed by atoms with Crippen LogP contribution in [0.1, 0.15) is 43.2 Å². The molecule has 2 aliphatic heterocycles. The molecular weight excluding hydrogens is 277 g/mol. The van der Waals surface area contributed by atoms with Gasteiger partial charge in [0.1, 0.15) is 5.82 Å². The standard InChI is InChI=1S/C15H16FNO2S/c16-11-4-5-14(10(6-11)9-17)15(18)7-12-2-1-3-13(8-15)20(12)19/h4-6,12-13,18H,1-3,7-8H2. The van der Waals surface area contributed by atoms with Crippen LogP contribution >= 0.6 is 0 Å². The van der Waals surface area contributed by atoms with Crippen molar-refractivity contribution < 1.29 is 13.7 Å². The van der Waals surface area contributed by atoms with Crippen molar-refractivity contribution in [1.82, 2.24) is 0 Å². The second-order valence-electron chi connectivity index (χ2n) is 5.74. The van der Waals surface area contributed by atoms with E-state index < -0.39 is 22.2 Å². The van der Waals surface area contributed by atoms with Crippen LogP contribution in [0.3, 0.4) is 0 Å². The van der Waals surface area contributed by atoms with Crippen LogP contribution in [0.25, 0.3) is 0 Å². The summed E-state index contributed by atoms with van der Waals surface area (Å²) in [6.07, 6.45) is 3.56. The number of nitriles is 1. The Morgan fingerprint density at radius 2 is 2.00 bits per heavy atom. The van der Waals surface area contributed by atoms with Crippen molar-refractivity contribution in [3.05, 3.63) is 35.1 Å². The predicted octanol–water partition coefficient (Wildman–Crippen LogP) is 2.35. The molecule has 3 rings (SSSR count). The van der Waals surface area contributed by atoms with E-state index in [0.29, 0.717) is 18.4 Å². The molecule has 106 valence electrons. The highest BCUT2D eigenvalue weighted by Gasteiger charge is 2.47. The van der Waals surface area contributed by atoms with Gasteiger partial charge >= 0.3 is 0 Å². The molecule has 2 heterocycles. The van der Waals surface area contributed by atoms with Crippen molar-refractivity contribution in [3.8, 4) is 6.07 Å². The fourth-order valence-corrected chi connectivity index (χ4v) is 5.74. The summed E-state index contributed by atoms with van der Waals surface area (Å²) in [6, 6.07) is 5.89. The molecule has 0 saturated carbocycles. The number of fused-ring (bicyclic) bond motifs is 2. The molecule has 1 N–H and O–H groups in total. The van der Waals surface area contributed by atoms with E-state index in [-0.39, 0.29) is 16.1 Å². The first-order chi connectivity index (χ1) is 9.53. The Morgan fingerprint density at radius 3 is 2.60 bits per heavy atom. The van der Waals surface area contributed by atoms with Crippen LogP contribution in [0, 0.1) is 17.1 Å². The Labute approximate surface area is 119 Å². The third-order valence-corrected chi connectivity index (χ3v) is 6.56. The van der Waals surface area contributed by atoms with Gasteiger partial charge in [-0.25, -0.2) is 4.39 Å². The van der Waals surface area contributed by atoms with E-state index in [9.17, 15) is 13.7 Å². The van der Waals surface area contributed by atoms with Crippen LogP contribution in [0.2, 0.25) is 0 Å². The average Bonchev–Trinajstić information content (AvgIpc) is 2.40. The van der Waals surface area contributed by atoms with Crippen LogP contribution in [-0.2, 0) is 16.4 Å². The first-order valence-electron chi connectivity index (χ1n) is 6.85. The predicted molar refractivity (Wildman–Crippen MR) is 73.8 cm³/mol. The quantitative estimate of drug-likeness (QED) is 0.864. The third kappa shape index (κ3) is 2.17. The minimum atomic E-state index is -1.15. The fourth-order valence-electron chi connectivity index (χ4n) is 3.52. The monoisotopic (exact) mass is 293 g/mol. The largest absolute Gasteiger partial charge is 0.385 e. The van der Waals surface area contributed by atoms with Crippen LogP contribution in [0.4, 0.5) is 4.39 Å². The number of hydrogen-bond acceptors (Lipinski definition) is 3. The van der Waals surface area contributed by atoms with Gasteiger partial charge in [-0.15, -0.1) is 0 Å². The van der Waals surface area contributed by atoms with E-state index in [1.165, 1.54) is 12.1 Å². The van der Waals surface area contributed by atoms with Crippen LogP contribution in [-0.4, -0.2) is 19.8 Å². The van der Waals surface area contributed by atoms with Gasteiger partial charge in [0.05, 0.1) is 17.2 Å².